The van der Waals surface area contributed by atoms with Gasteiger partial charge >= 0.3 is 0 Å². The van der Waals surface area contributed by atoms with Crippen LogP contribution in [0.2, 0.25) is 10.0 Å². The number of aliphatic hydroxyl groups excluding tert-OH is 1. The minimum Gasteiger partial charge on any atom is -0.383 e. The molecule has 0 saturated heterocycles. The molecule has 0 radical (unpaired) electrons. The average Bonchev–Trinajstić information content (AvgIpc) is 2.69. The minimum absolute atomic E-state index is 0.469. The molecule has 15 heavy (non-hydrogen) atoms. The number of H-pyrrole nitrogens is 1. The molecule has 2 N–H and O–H groups in total. The summed E-state index contributed by atoms with van der Waals surface area (Å²) >= 11 is 12.0. The van der Waals surface area contributed by atoms with Gasteiger partial charge in [0.2, 0.25) is 0 Å². The summed E-state index contributed by atoms with van der Waals surface area (Å²) in [5.41, 5.74) is 1.28. The first-order valence-electron chi connectivity index (χ1n) is 4.45. The molecule has 0 amide bonds. The molecule has 0 bridgehead atoms. The first-order chi connectivity index (χ1) is 7.20. The molecule has 0 aliphatic carbocycles. The lowest BCUT2D eigenvalue weighted by atomic mass is 10.0. The Bertz CT molecular complexity index is 433. The van der Waals surface area contributed by atoms with Crippen molar-refractivity contribution in [1.29, 1.82) is 0 Å². The van der Waals surface area contributed by atoms with Crippen molar-refractivity contribution in [3.8, 4) is 0 Å². The van der Waals surface area contributed by atoms with Gasteiger partial charge in [0.05, 0.1) is 0 Å². The molecule has 4 heteroatoms. The first kappa shape index (κ1) is 10.6. The fourth-order valence-electron chi connectivity index (χ4n) is 1.45. The van der Waals surface area contributed by atoms with Crippen LogP contribution in [0.4, 0.5) is 0 Å². The van der Waals surface area contributed by atoms with Crippen LogP contribution in [0.5, 0.6) is 0 Å². The van der Waals surface area contributed by atoms with Crippen LogP contribution in [0.3, 0.4) is 0 Å². The van der Waals surface area contributed by atoms with Crippen LogP contribution in [-0.4, -0.2) is 10.1 Å². The van der Waals surface area contributed by atoms with E-state index in [2.05, 4.69) is 4.98 Å². The number of nitrogens with one attached hydrogen (secondary N) is 1. The summed E-state index contributed by atoms with van der Waals surface area (Å²) in [4.78, 5) is 2.87. The summed E-state index contributed by atoms with van der Waals surface area (Å²) in [6.45, 7) is 0. The second kappa shape index (κ2) is 4.27. The van der Waals surface area contributed by atoms with E-state index < -0.39 is 6.10 Å². The number of rotatable bonds is 2. The fraction of sp³-hybridized carbons (Fsp3) is 0.0909. The third-order valence-corrected chi connectivity index (χ3v) is 2.87. The molecule has 0 saturated carbocycles. The SMILES string of the molecule is OC(c1cc[nH]c1)c1c(Cl)cccc1Cl. The zero-order valence-corrected chi connectivity index (χ0v) is 9.26. The van der Waals surface area contributed by atoms with E-state index in [-0.39, 0.29) is 0 Å². The topological polar surface area (TPSA) is 36.0 Å². The third-order valence-electron chi connectivity index (χ3n) is 2.21. The molecule has 1 atom stereocenters. The van der Waals surface area contributed by atoms with Crippen molar-refractivity contribution >= 4 is 23.2 Å². The van der Waals surface area contributed by atoms with Gasteiger partial charge in [-0.25, -0.2) is 0 Å². The lowest BCUT2D eigenvalue weighted by Crippen LogP contribution is -1.99. The Kier molecular flexibility index (Phi) is 3.00. The Balaban J connectivity index is 2.46. The predicted octanol–water partition coefficient (Wildman–Crippen LogP) is 3.40. The van der Waals surface area contributed by atoms with Gasteiger partial charge in [0, 0.05) is 33.6 Å². The highest BCUT2D eigenvalue weighted by atomic mass is 35.5. The molecular formula is C11H9Cl2NO. The molecule has 1 heterocycles. The van der Waals surface area contributed by atoms with Crippen LogP contribution in [0, 0.1) is 0 Å². The number of hydrogen-bond donors (Lipinski definition) is 2. The van der Waals surface area contributed by atoms with Gasteiger partial charge < -0.3 is 10.1 Å². The Morgan fingerprint density at radius 2 is 1.80 bits per heavy atom. The van der Waals surface area contributed by atoms with Crippen LogP contribution in [0.25, 0.3) is 0 Å². The summed E-state index contributed by atoms with van der Waals surface area (Å²) in [7, 11) is 0. The number of aliphatic hydroxyl groups is 1. The van der Waals surface area contributed by atoms with E-state index in [9.17, 15) is 5.11 Å². The van der Waals surface area contributed by atoms with Crippen molar-refractivity contribution < 1.29 is 5.11 Å². The standard InChI is InChI=1S/C11H9Cl2NO/c12-8-2-1-3-9(13)10(8)11(15)7-4-5-14-6-7/h1-6,11,14-15H. The number of aromatic amines is 1. The summed E-state index contributed by atoms with van der Waals surface area (Å²) in [5, 5.41) is 11.0. The summed E-state index contributed by atoms with van der Waals surface area (Å²) < 4.78 is 0. The zero-order valence-electron chi connectivity index (χ0n) is 7.74. The van der Waals surface area contributed by atoms with Crippen molar-refractivity contribution in [2.75, 3.05) is 0 Å². The largest absolute Gasteiger partial charge is 0.383 e. The molecule has 2 rings (SSSR count). The monoisotopic (exact) mass is 241 g/mol. The molecule has 1 unspecified atom stereocenters. The normalized spacial score (nSPS) is 12.7. The van der Waals surface area contributed by atoms with E-state index in [1.165, 1.54) is 0 Å². The van der Waals surface area contributed by atoms with Crippen molar-refractivity contribution in [2.24, 2.45) is 0 Å². The zero-order chi connectivity index (χ0) is 10.8. The summed E-state index contributed by atoms with van der Waals surface area (Å²) in [5.74, 6) is 0. The van der Waals surface area contributed by atoms with E-state index in [0.717, 1.165) is 5.56 Å². The van der Waals surface area contributed by atoms with Gasteiger partial charge in [-0.1, -0.05) is 29.3 Å². The number of hydrogen-bond acceptors (Lipinski definition) is 1. The highest BCUT2D eigenvalue weighted by Gasteiger charge is 2.17. The molecule has 2 aromatic rings. The predicted molar refractivity (Wildman–Crippen MR) is 61.3 cm³/mol. The van der Waals surface area contributed by atoms with Gasteiger partial charge in [0.15, 0.2) is 0 Å². The van der Waals surface area contributed by atoms with Crippen molar-refractivity contribution in [3.63, 3.8) is 0 Å². The Hall–Kier alpha value is -0.960. The highest BCUT2D eigenvalue weighted by Crippen LogP contribution is 2.33. The smallest absolute Gasteiger partial charge is 0.108 e. The maximum atomic E-state index is 10.1. The minimum atomic E-state index is -0.794. The van der Waals surface area contributed by atoms with Crippen LogP contribution in [0.1, 0.15) is 17.2 Å². The van der Waals surface area contributed by atoms with Crippen LogP contribution in [-0.2, 0) is 0 Å². The Labute approximate surface area is 97.5 Å². The molecular weight excluding hydrogens is 233 g/mol. The summed E-state index contributed by atoms with van der Waals surface area (Å²) in [6.07, 6.45) is 2.66. The number of benzene rings is 1. The lowest BCUT2D eigenvalue weighted by Gasteiger charge is -2.12. The second-order valence-electron chi connectivity index (χ2n) is 3.18. The maximum Gasteiger partial charge on any atom is 0.108 e. The molecule has 1 aromatic heterocycles. The van der Waals surface area contributed by atoms with Gasteiger partial charge in [-0.3, -0.25) is 0 Å². The Morgan fingerprint density at radius 1 is 1.13 bits per heavy atom. The highest BCUT2D eigenvalue weighted by molar-refractivity contribution is 6.36. The van der Waals surface area contributed by atoms with Crippen molar-refractivity contribution in [1.82, 2.24) is 4.98 Å². The average molecular weight is 242 g/mol. The van der Waals surface area contributed by atoms with E-state index >= 15 is 0 Å². The van der Waals surface area contributed by atoms with Crippen LogP contribution in [0.15, 0.2) is 36.7 Å². The van der Waals surface area contributed by atoms with E-state index in [0.29, 0.717) is 15.6 Å². The first-order valence-corrected chi connectivity index (χ1v) is 5.20. The van der Waals surface area contributed by atoms with E-state index in [1.807, 2.05) is 0 Å². The maximum absolute atomic E-state index is 10.1. The molecule has 0 aliphatic heterocycles. The van der Waals surface area contributed by atoms with Crippen molar-refractivity contribution in [3.05, 3.63) is 57.8 Å². The molecule has 0 fully saturated rings. The molecule has 78 valence electrons. The number of halogens is 2. The lowest BCUT2D eigenvalue weighted by molar-refractivity contribution is 0.220. The van der Waals surface area contributed by atoms with Crippen molar-refractivity contribution in [2.45, 2.75) is 6.10 Å². The Morgan fingerprint density at radius 3 is 2.33 bits per heavy atom. The van der Waals surface area contributed by atoms with Gasteiger partial charge in [-0.2, -0.15) is 0 Å². The van der Waals surface area contributed by atoms with Gasteiger partial charge in [-0.05, 0) is 18.2 Å². The van der Waals surface area contributed by atoms with Gasteiger partial charge in [0.25, 0.3) is 0 Å². The number of aromatic nitrogens is 1. The van der Waals surface area contributed by atoms with Crippen LogP contribution < -0.4 is 0 Å². The quantitative estimate of drug-likeness (QED) is 0.831. The van der Waals surface area contributed by atoms with E-state index in [4.69, 9.17) is 23.2 Å². The molecule has 1 aromatic carbocycles. The second-order valence-corrected chi connectivity index (χ2v) is 4.00. The third kappa shape index (κ3) is 2.02. The van der Waals surface area contributed by atoms with Gasteiger partial charge in [0.1, 0.15) is 6.10 Å². The van der Waals surface area contributed by atoms with E-state index in [1.54, 1.807) is 36.7 Å². The fourth-order valence-corrected chi connectivity index (χ4v) is 2.05. The van der Waals surface area contributed by atoms with Gasteiger partial charge in [-0.15, -0.1) is 0 Å². The summed E-state index contributed by atoms with van der Waals surface area (Å²) in [6, 6.07) is 6.94. The molecule has 0 aliphatic rings. The molecule has 0 spiro atoms. The van der Waals surface area contributed by atoms with Crippen LogP contribution >= 0.6 is 23.2 Å². The molecule has 2 nitrogen and oxygen atoms in total.